The smallest absolute Gasteiger partial charge is 0.225 e. The van der Waals surface area contributed by atoms with Crippen molar-refractivity contribution >= 4 is 5.91 Å². The summed E-state index contributed by atoms with van der Waals surface area (Å²) in [6.07, 6.45) is 2.13. The van der Waals surface area contributed by atoms with Crippen LogP contribution in [0.5, 0.6) is 0 Å². The second kappa shape index (κ2) is 4.12. The fraction of sp³-hybridized carbons (Fsp3) is 0.917. The summed E-state index contributed by atoms with van der Waals surface area (Å²) in [4.78, 5) is 14.4. The van der Waals surface area contributed by atoms with E-state index in [4.69, 9.17) is 0 Å². The first-order chi connectivity index (χ1) is 7.15. The molecule has 0 saturated carbocycles. The average molecular weight is 210 g/mol. The highest BCUT2D eigenvalue weighted by Crippen LogP contribution is 2.33. The Balaban J connectivity index is 2.10. The zero-order valence-corrected chi connectivity index (χ0v) is 9.99. The van der Waals surface area contributed by atoms with Crippen molar-refractivity contribution in [2.24, 2.45) is 11.8 Å². The van der Waals surface area contributed by atoms with Crippen molar-refractivity contribution in [3.8, 4) is 0 Å². The highest BCUT2D eigenvalue weighted by molar-refractivity contribution is 5.79. The number of nitrogens with one attached hydrogen (secondary N) is 1. The predicted octanol–water partition coefficient (Wildman–Crippen LogP) is 1.24. The van der Waals surface area contributed by atoms with Crippen LogP contribution in [-0.2, 0) is 4.79 Å². The molecule has 0 spiro atoms. The van der Waals surface area contributed by atoms with Gasteiger partial charge in [-0.2, -0.15) is 0 Å². The van der Waals surface area contributed by atoms with Crippen LogP contribution in [0.1, 0.15) is 33.6 Å². The maximum Gasteiger partial charge on any atom is 0.225 e. The Hall–Kier alpha value is -0.570. The van der Waals surface area contributed by atoms with Crippen molar-refractivity contribution in [1.82, 2.24) is 10.2 Å². The Bertz CT molecular complexity index is 254. The van der Waals surface area contributed by atoms with E-state index in [2.05, 4.69) is 24.1 Å². The van der Waals surface area contributed by atoms with E-state index in [1.165, 1.54) is 6.42 Å². The zero-order chi connectivity index (χ0) is 11.0. The lowest BCUT2D eigenvalue weighted by Crippen LogP contribution is -2.45. The topological polar surface area (TPSA) is 32.3 Å². The minimum Gasteiger partial charge on any atom is -0.335 e. The number of carbonyl (C=O) groups excluding carboxylic acids is 1. The number of likely N-dealkylation sites (tertiary alicyclic amines) is 1. The molecule has 2 aliphatic heterocycles. The molecule has 0 bridgehead atoms. The number of rotatable bonds is 2. The lowest BCUT2D eigenvalue weighted by molar-refractivity contribution is -0.137. The van der Waals surface area contributed by atoms with Crippen LogP contribution >= 0.6 is 0 Å². The molecule has 1 N–H and O–H groups in total. The number of hydrogen-bond donors (Lipinski definition) is 1. The Morgan fingerprint density at radius 2 is 2.27 bits per heavy atom. The molecule has 3 heteroatoms. The first kappa shape index (κ1) is 10.9. The van der Waals surface area contributed by atoms with Crippen LogP contribution in [0.25, 0.3) is 0 Å². The molecular formula is C12H22N2O. The van der Waals surface area contributed by atoms with Crippen molar-refractivity contribution < 1.29 is 4.79 Å². The van der Waals surface area contributed by atoms with Gasteiger partial charge < -0.3 is 10.2 Å². The van der Waals surface area contributed by atoms with Crippen molar-refractivity contribution in [3.63, 3.8) is 0 Å². The minimum atomic E-state index is 0.187. The average Bonchev–Trinajstić information content (AvgIpc) is 2.75. The van der Waals surface area contributed by atoms with Crippen LogP contribution in [0.15, 0.2) is 0 Å². The largest absolute Gasteiger partial charge is 0.335 e. The minimum absolute atomic E-state index is 0.187. The van der Waals surface area contributed by atoms with Crippen molar-refractivity contribution in [1.29, 1.82) is 0 Å². The summed E-state index contributed by atoms with van der Waals surface area (Å²) in [5.74, 6) is 1.25. The molecule has 2 saturated heterocycles. The summed E-state index contributed by atoms with van der Waals surface area (Å²) >= 11 is 0. The number of hydrogen-bond acceptors (Lipinski definition) is 2. The molecule has 4 atom stereocenters. The van der Waals surface area contributed by atoms with E-state index in [-0.39, 0.29) is 5.92 Å². The molecular weight excluding hydrogens is 188 g/mol. The SMILES string of the molecule is CCC(C)C(=O)N1C(C)CC2CNCC21. The van der Waals surface area contributed by atoms with E-state index in [1.807, 2.05) is 6.92 Å². The first-order valence-corrected chi connectivity index (χ1v) is 6.18. The number of amides is 1. The van der Waals surface area contributed by atoms with E-state index in [9.17, 15) is 4.79 Å². The van der Waals surface area contributed by atoms with Crippen molar-refractivity contribution in [3.05, 3.63) is 0 Å². The predicted molar refractivity (Wildman–Crippen MR) is 60.5 cm³/mol. The molecule has 2 heterocycles. The third kappa shape index (κ3) is 1.78. The summed E-state index contributed by atoms with van der Waals surface area (Å²) in [5, 5.41) is 3.39. The molecule has 4 unspecified atom stereocenters. The van der Waals surface area contributed by atoms with Crippen LogP contribution in [0.3, 0.4) is 0 Å². The van der Waals surface area contributed by atoms with Gasteiger partial charge in [0.2, 0.25) is 5.91 Å². The molecule has 0 aromatic rings. The monoisotopic (exact) mass is 210 g/mol. The maximum atomic E-state index is 12.2. The molecule has 86 valence electrons. The van der Waals surface area contributed by atoms with Gasteiger partial charge in [-0.25, -0.2) is 0 Å². The van der Waals surface area contributed by atoms with Gasteiger partial charge in [0.05, 0.1) is 0 Å². The number of fused-ring (bicyclic) bond motifs is 1. The summed E-state index contributed by atoms with van der Waals surface area (Å²) in [6.45, 7) is 8.42. The number of carbonyl (C=O) groups is 1. The van der Waals surface area contributed by atoms with Crippen LogP contribution in [0.2, 0.25) is 0 Å². The summed E-state index contributed by atoms with van der Waals surface area (Å²) in [7, 11) is 0. The van der Waals surface area contributed by atoms with Crippen LogP contribution in [-0.4, -0.2) is 36.0 Å². The molecule has 15 heavy (non-hydrogen) atoms. The Morgan fingerprint density at radius 3 is 2.93 bits per heavy atom. The van der Waals surface area contributed by atoms with Gasteiger partial charge >= 0.3 is 0 Å². The van der Waals surface area contributed by atoms with Gasteiger partial charge in [0.1, 0.15) is 0 Å². The normalized spacial score (nSPS) is 36.7. The molecule has 2 rings (SSSR count). The van der Waals surface area contributed by atoms with E-state index in [0.717, 1.165) is 19.5 Å². The fourth-order valence-electron chi connectivity index (χ4n) is 2.97. The first-order valence-electron chi connectivity index (χ1n) is 6.18. The Kier molecular flexibility index (Phi) is 3.01. The van der Waals surface area contributed by atoms with Gasteiger partial charge in [-0.3, -0.25) is 4.79 Å². The zero-order valence-electron chi connectivity index (χ0n) is 9.99. The molecule has 2 fully saturated rings. The number of nitrogens with zero attached hydrogens (tertiary/aromatic N) is 1. The lowest BCUT2D eigenvalue weighted by Gasteiger charge is -2.30. The maximum absolute atomic E-state index is 12.2. The second-order valence-corrected chi connectivity index (χ2v) is 5.13. The molecule has 3 nitrogen and oxygen atoms in total. The van der Waals surface area contributed by atoms with Crippen molar-refractivity contribution in [2.75, 3.05) is 13.1 Å². The Labute approximate surface area is 92.2 Å². The summed E-state index contributed by atoms with van der Waals surface area (Å²) < 4.78 is 0. The summed E-state index contributed by atoms with van der Waals surface area (Å²) in [6, 6.07) is 0.921. The fourth-order valence-corrected chi connectivity index (χ4v) is 2.97. The van der Waals surface area contributed by atoms with Gasteiger partial charge in [0, 0.05) is 31.1 Å². The van der Waals surface area contributed by atoms with E-state index < -0.39 is 0 Å². The van der Waals surface area contributed by atoms with E-state index >= 15 is 0 Å². The van der Waals surface area contributed by atoms with Crippen LogP contribution < -0.4 is 5.32 Å². The quantitative estimate of drug-likeness (QED) is 0.744. The standard InChI is InChI=1S/C12H22N2O/c1-4-8(2)12(15)14-9(3)5-10-6-13-7-11(10)14/h8-11,13H,4-7H2,1-3H3. The highest BCUT2D eigenvalue weighted by Gasteiger charge is 2.44. The third-order valence-electron chi connectivity index (χ3n) is 4.07. The molecule has 2 aliphatic rings. The molecule has 0 aromatic heterocycles. The highest BCUT2D eigenvalue weighted by atomic mass is 16.2. The second-order valence-electron chi connectivity index (χ2n) is 5.13. The van der Waals surface area contributed by atoms with Gasteiger partial charge in [-0.05, 0) is 25.7 Å². The lowest BCUT2D eigenvalue weighted by atomic mass is 10.0. The molecule has 0 aliphatic carbocycles. The van der Waals surface area contributed by atoms with Crippen LogP contribution in [0.4, 0.5) is 0 Å². The summed E-state index contributed by atoms with van der Waals surface area (Å²) in [5.41, 5.74) is 0. The van der Waals surface area contributed by atoms with Gasteiger partial charge in [0.15, 0.2) is 0 Å². The van der Waals surface area contributed by atoms with Gasteiger partial charge in [-0.15, -0.1) is 0 Å². The van der Waals surface area contributed by atoms with Crippen molar-refractivity contribution in [2.45, 2.75) is 45.7 Å². The van der Waals surface area contributed by atoms with Gasteiger partial charge in [-0.1, -0.05) is 13.8 Å². The third-order valence-corrected chi connectivity index (χ3v) is 4.07. The molecule has 0 aromatic carbocycles. The Morgan fingerprint density at radius 1 is 1.53 bits per heavy atom. The molecule has 1 amide bonds. The van der Waals surface area contributed by atoms with E-state index in [0.29, 0.717) is 23.9 Å². The molecule has 0 radical (unpaired) electrons. The van der Waals surface area contributed by atoms with E-state index in [1.54, 1.807) is 0 Å². The van der Waals surface area contributed by atoms with Gasteiger partial charge in [0.25, 0.3) is 0 Å². The van der Waals surface area contributed by atoms with Crippen LogP contribution in [0, 0.1) is 11.8 Å².